The molecule has 5 heteroatoms. The molecule has 4 heterocycles. The average molecular weight is 389 g/mol. The lowest BCUT2D eigenvalue weighted by Crippen LogP contribution is -2.44. The van der Waals surface area contributed by atoms with Gasteiger partial charge in [-0.1, -0.05) is 30.3 Å². The van der Waals surface area contributed by atoms with Crippen molar-refractivity contribution in [2.24, 2.45) is 0 Å². The number of aromatic nitrogens is 2. The molecule has 2 unspecified atom stereocenters. The molecule has 2 bridgehead atoms. The first kappa shape index (κ1) is 16.6. The van der Waals surface area contributed by atoms with Crippen LogP contribution in [-0.4, -0.2) is 40.3 Å². The van der Waals surface area contributed by atoms with Gasteiger partial charge in [0.1, 0.15) is 5.69 Å². The zero-order valence-corrected chi connectivity index (χ0v) is 16.8. The molecule has 2 atom stereocenters. The molecule has 2 fully saturated rings. The number of aromatic amines is 1. The summed E-state index contributed by atoms with van der Waals surface area (Å²) in [6.45, 7) is 0. The zero-order valence-electron chi connectivity index (χ0n) is 16.0. The van der Waals surface area contributed by atoms with Crippen molar-refractivity contribution in [2.45, 2.75) is 43.8 Å². The van der Waals surface area contributed by atoms with Crippen molar-refractivity contribution in [3.05, 3.63) is 48.5 Å². The second-order valence-corrected chi connectivity index (χ2v) is 9.37. The molecule has 28 heavy (non-hydrogen) atoms. The van der Waals surface area contributed by atoms with Crippen LogP contribution in [0.4, 0.5) is 5.69 Å². The van der Waals surface area contributed by atoms with Crippen molar-refractivity contribution < 1.29 is 0 Å². The SMILES string of the molecule is CN1C2CCC1CC(Nc1ccc(-c3n[nH]c4c3sc3ccccc34)cc1)C2. The van der Waals surface area contributed by atoms with E-state index in [4.69, 9.17) is 0 Å². The van der Waals surface area contributed by atoms with Crippen molar-refractivity contribution in [3.63, 3.8) is 0 Å². The Bertz CT molecular complexity index is 1130. The molecule has 2 aromatic carbocycles. The minimum Gasteiger partial charge on any atom is -0.382 e. The van der Waals surface area contributed by atoms with E-state index in [1.807, 2.05) is 11.3 Å². The van der Waals surface area contributed by atoms with Gasteiger partial charge in [-0.3, -0.25) is 5.10 Å². The molecule has 0 amide bonds. The molecule has 0 saturated carbocycles. The van der Waals surface area contributed by atoms with E-state index in [1.54, 1.807) is 0 Å². The molecule has 0 aliphatic carbocycles. The number of nitrogens with one attached hydrogen (secondary N) is 2. The molecular formula is C23H24N4S. The molecule has 142 valence electrons. The standard InChI is InChI=1S/C23H24N4S/c1-27-17-10-11-18(27)13-16(12-17)24-15-8-6-14(7-9-15)21-23-22(26-25-21)19-4-2-3-5-20(19)28-23/h2-9,16-18,24H,10-13H2,1H3,(H,25,26). The Labute approximate surface area is 168 Å². The van der Waals surface area contributed by atoms with Gasteiger partial charge in [-0.25, -0.2) is 0 Å². The van der Waals surface area contributed by atoms with Gasteiger partial charge in [0.05, 0.1) is 10.2 Å². The third-order valence-electron chi connectivity index (χ3n) is 6.72. The van der Waals surface area contributed by atoms with E-state index in [0.29, 0.717) is 6.04 Å². The number of hydrogen-bond acceptors (Lipinski definition) is 4. The van der Waals surface area contributed by atoms with Crippen LogP contribution in [0.3, 0.4) is 0 Å². The zero-order chi connectivity index (χ0) is 18.7. The van der Waals surface area contributed by atoms with Crippen LogP contribution in [0.15, 0.2) is 48.5 Å². The highest BCUT2D eigenvalue weighted by Crippen LogP contribution is 2.39. The Morgan fingerprint density at radius 2 is 1.79 bits per heavy atom. The highest BCUT2D eigenvalue weighted by Gasteiger charge is 2.38. The van der Waals surface area contributed by atoms with Gasteiger partial charge in [-0.05, 0) is 50.9 Å². The topological polar surface area (TPSA) is 44.0 Å². The number of benzene rings is 2. The summed E-state index contributed by atoms with van der Waals surface area (Å²) >= 11 is 1.82. The lowest BCUT2D eigenvalue weighted by atomic mass is 9.97. The van der Waals surface area contributed by atoms with Gasteiger partial charge in [0.2, 0.25) is 0 Å². The Morgan fingerprint density at radius 1 is 1.04 bits per heavy atom. The van der Waals surface area contributed by atoms with Gasteiger partial charge in [0.15, 0.2) is 0 Å². The molecular weight excluding hydrogens is 364 g/mol. The van der Waals surface area contributed by atoms with E-state index in [-0.39, 0.29) is 0 Å². The summed E-state index contributed by atoms with van der Waals surface area (Å²) in [7, 11) is 2.30. The van der Waals surface area contributed by atoms with E-state index < -0.39 is 0 Å². The van der Waals surface area contributed by atoms with Crippen LogP contribution in [0.25, 0.3) is 31.6 Å². The first-order chi connectivity index (χ1) is 13.8. The van der Waals surface area contributed by atoms with Gasteiger partial charge >= 0.3 is 0 Å². The fourth-order valence-electron chi connectivity index (χ4n) is 5.17. The minimum atomic E-state index is 0.597. The van der Waals surface area contributed by atoms with Crippen LogP contribution in [0.1, 0.15) is 25.7 Å². The van der Waals surface area contributed by atoms with E-state index in [2.05, 4.69) is 76.0 Å². The second-order valence-electron chi connectivity index (χ2n) is 8.32. The minimum absolute atomic E-state index is 0.597. The van der Waals surface area contributed by atoms with Crippen molar-refractivity contribution in [1.82, 2.24) is 15.1 Å². The number of rotatable bonds is 3. The lowest BCUT2D eigenvalue weighted by molar-refractivity contribution is 0.169. The maximum atomic E-state index is 4.62. The third kappa shape index (κ3) is 2.57. The van der Waals surface area contributed by atoms with E-state index in [0.717, 1.165) is 23.3 Å². The summed E-state index contributed by atoms with van der Waals surface area (Å²) in [6, 6.07) is 19.5. The molecule has 0 radical (unpaired) electrons. The van der Waals surface area contributed by atoms with E-state index in [1.165, 1.54) is 51.7 Å². The predicted molar refractivity (Wildman–Crippen MR) is 118 cm³/mol. The molecule has 2 aliphatic rings. The Balaban J connectivity index is 1.26. The van der Waals surface area contributed by atoms with Gasteiger partial charge in [0.25, 0.3) is 0 Å². The van der Waals surface area contributed by atoms with E-state index >= 15 is 0 Å². The second kappa shape index (κ2) is 6.33. The summed E-state index contributed by atoms with van der Waals surface area (Å²) in [5.74, 6) is 0. The molecule has 4 nitrogen and oxygen atoms in total. The normalized spacial score (nSPS) is 25.0. The third-order valence-corrected chi connectivity index (χ3v) is 7.89. The highest BCUT2D eigenvalue weighted by atomic mass is 32.1. The van der Waals surface area contributed by atoms with Gasteiger partial charge in [-0.15, -0.1) is 11.3 Å². The van der Waals surface area contributed by atoms with Crippen molar-refractivity contribution in [1.29, 1.82) is 0 Å². The first-order valence-electron chi connectivity index (χ1n) is 10.2. The number of anilines is 1. The quantitative estimate of drug-likeness (QED) is 0.488. The Morgan fingerprint density at radius 3 is 2.57 bits per heavy atom. The molecule has 2 aromatic heterocycles. The predicted octanol–water partition coefficient (Wildman–Crippen LogP) is 5.48. The summed E-state index contributed by atoms with van der Waals surface area (Å²) in [5.41, 5.74) is 4.60. The van der Waals surface area contributed by atoms with Crippen LogP contribution >= 0.6 is 11.3 Å². The van der Waals surface area contributed by atoms with Gasteiger partial charge in [-0.2, -0.15) is 5.10 Å². The summed E-state index contributed by atoms with van der Waals surface area (Å²) in [4.78, 5) is 2.59. The smallest absolute Gasteiger partial charge is 0.110 e. The fraction of sp³-hybridized carbons (Fsp3) is 0.348. The summed E-state index contributed by atoms with van der Waals surface area (Å²) in [6.07, 6.45) is 5.25. The fourth-order valence-corrected chi connectivity index (χ4v) is 6.34. The number of hydrogen-bond donors (Lipinski definition) is 2. The van der Waals surface area contributed by atoms with Crippen LogP contribution in [-0.2, 0) is 0 Å². The Kier molecular flexibility index (Phi) is 3.74. The molecule has 2 saturated heterocycles. The van der Waals surface area contributed by atoms with Crippen molar-refractivity contribution in [2.75, 3.05) is 12.4 Å². The van der Waals surface area contributed by atoms with Crippen LogP contribution in [0.2, 0.25) is 0 Å². The number of piperidine rings is 1. The number of nitrogens with zero attached hydrogens (tertiary/aromatic N) is 2. The summed E-state index contributed by atoms with van der Waals surface area (Å²) in [5, 5.41) is 12.9. The van der Waals surface area contributed by atoms with Gasteiger partial charge < -0.3 is 10.2 Å². The first-order valence-corrected chi connectivity index (χ1v) is 11.0. The lowest BCUT2D eigenvalue weighted by Gasteiger charge is -2.37. The number of H-pyrrole nitrogens is 1. The highest BCUT2D eigenvalue weighted by molar-refractivity contribution is 7.26. The monoisotopic (exact) mass is 388 g/mol. The number of fused-ring (bicyclic) bond motifs is 5. The molecule has 6 rings (SSSR count). The van der Waals surface area contributed by atoms with Crippen LogP contribution < -0.4 is 5.32 Å². The van der Waals surface area contributed by atoms with Crippen molar-refractivity contribution in [3.8, 4) is 11.3 Å². The Hall–Kier alpha value is -2.37. The van der Waals surface area contributed by atoms with Gasteiger partial charge in [0, 0.05) is 39.5 Å². The van der Waals surface area contributed by atoms with Crippen molar-refractivity contribution >= 4 is 37.3 Å². The molecule has 0 spiro atoms. The maximum absolute atomic E-state index is 4.62. The number of thiophene rings is 1. The largest absolute Gasteiger partial charge is 0.382 e. The van der Waals surface area contributed by atoms with Crippen LogP contribution in [0, 0.1) is 0 Å². The van der Waals surface area contributed by atoms with E-state index in [9.17, 15) is 0 Å². The molecule has 2 N–H and O–H groups in total. The maximum Gasteiger partial charge on any atom is 0.110 e. The molecule has 4 aromatic rings. The molecule has 2 aliphatic heterocycles. The van der Waals surface area contributed by atoms with Crippen LogP contribution in [0.5, 0.6) is 0 Å². The summed E-state index contributed by atoms with van der Waals surface area (Å²) < 4.78 is 2.55. The average Bonchev–Trinajstić information content (AvgIpc) is 3.33.